The van der Waals surface area contributed by atoms with Gasteiger partial charge in [0.05, 0.1) is 10.9 Å². The van der Waals surface area contributed by atoms with E-state index in [0.717, 1.165) is 4.57 Å². The molecule has 0 radical (unpaired) electrons. The van der Waals surface area contributed by atoms with Crippen LogP contribution in [0.25, 0.3) is 10.9 Å². The number of benzene rings is 1. The van der Waals surface area contributed by atoms with Gasteiger partial charge in [-0.2, -0.15) is 0 Å². The average molecular weight is 318 g/mol. The number of hydrogen-bond acceptors (Lipinski definition) is 4. The Morgan fingerprint density at radius 2 is 1.87 bits per heavy atom. The van der Waals surface area contributed by atoms with Crippen LogP contribution in [0.2, 0.25) is 0 Å². The molecule has 0 aliphatic heterocycles. The molecule has 0 aliphatic carbocycles. The number of aromatic nitrogens is 2. The van der Waals surface area contributed by atoms with Crippen molar-refractivity contribution >= 4 is 16.8 Å². The van der Waals surface area contributed by atoms with E-state index in [4.69, 9.17) is 0 Å². The third-order valence-corrected chi connectivity index (χ3v) is 3.63. The fourth-order valence-corrected chi connectivity index (χ4v) is 2.43. The highest BCUT2D eigenvalue weighted by Gasteiger charge is 2.14. The zero-order valence-electron chi connectivity index (χ0n) is 13.7. The van der Waals surface area contributed by atoms with Crippen LogP contribution < -0.4 is 16.6 Å². The fraction of sp³-hybridized carbons (Fsp3) is 0.438. The van der Waals surface area contributed by atoms with Gasteiger partial charge in [-0.15, -0.1) is 0 Å². The molecule has 0 fully saturated rings. The van der Waals surface area contributed by atoms with E-state index >= 15 is 0 Å². The maximum atomic E-state index is 12.5. The largest absolute Gasteiger partial charge is 0.353 e. The van der Waals surface area contributed by atoms with Gasteiger partial charge in [0, 0.05) is 19.6 Å². The van der Waals surface area contributed by atoms with Crippen molar-refractivity contribution < 1.29 is 4.79 Å². The van der Waals surface area contributed by atoms with E-state index in [1.54, 1.807) is 24.3 Å². The normalized spacial score (nSPS) is 11.1. The molecule has 124 valence electrons. The summed E-state index contributed by atoms with van der Waals surface area (Å²) in [4.78, 5) is 38.9. The van der Waals surface area contributed by atoms with Gasteiger partial charge >= 0.3 is 5.69 Å². The van der Waals surface area contributed by atoms with Gasteiger partial charge in [-0.05, 0) is 33.2 Å². The van der Waals surface area contributed by atoms with Crippen LogP contribution >= 0.6 is 0 Å². The van der Waals surface area contributed by atoms with Crippen LogP contribution in [0.1, 0.15) is 6.92 Å². The Kier molecular flexibility index (Phi) is 5.33. The quantitative estimate of drug-likeness (QED) is 0.804. The summed E-state index contributed by atoms with van der Waals surface area (Å²) in [5, 5.41) is 3.15. The first-order valence-corrected chi connectivity index (χ1v) is 7.59. The minimum Gasteiger partial charge on any atom is -0.353 e. The molecule has 2 rings (SSSR count). The van der Waals surface area contributed by atoms with Crippen LogP contribution in [0.3, 0.4) is 0 Å². The molecule has 1 heterocycles. The van der Waals surface area contributed by atoms with Gasteiger partial charge in [0.2, 0.25) is 5.91 Å². The number of likely N-dealkylation sites (N-methyl/N-ethyl adjacent to an activating group) is 1. The van der Waals surface area contributed by atoms with E-state index in [0.29, 0.717) is 30.5 Å². The van der Waals surface area contributed by atoms with Crippen LogP contribution in [0.15, 0.2) is 33.9 Å². The highest BCUT2D eigenvalue weighted by Crippen LogP contribution is 2.06. The van der Waals surface area contributed by atoms with Crippen LogP contribution in [0, 0.1) is 0 Å². The zero-order valence-corrected chi connectivity index (χ0v) is 13.7. The summed E-state index contributed by atoms with van der Waals surface area (Å²) in [7, 11) is 3.81. The molecular weight excluding hydrogens is 296 g/mol. The number of rotatable bonds is 6. The number of aryl methyl sites for hydroxylation is 1. The lowest BCUT2D eigenvalue weighted by atomic mass is 10.2. The minimum atomic E-state index is -0.459. The Labute approximate surface area is 134 Å². The van der Waals surface area contributed by atoms with Gasteiger partial charge < -0.3 is 10.2 Å². The maximum Gasteiger partial charge on any atom is 0.331 e. The summed E-state index contributed by atoms with van der Waals surface area (Å²) >= 11 is 0. The molecule has 0 unspecified atom stereocenters. The monoisotopic (exact) mass is 318 g/mol. The lowest BCUT2D eigenvalue weighted by Gasteiger charge is -2.13. The number of para-hydroxylation sites is 1. The number of nitrogens with zero attached hydrogens (tertiary/aromatic N) is 3. The molecule has 1 aromatic carbocycles. The first-order chi connectivity index (χ1) is 11.0. The lowest BCUT2D eigenvalue weighted by molar-refractivity contribution is -0.121. The second kappa shape index (κ2) is 7.23. The molecule has 23 heavy (non-hydrogen) atoms. The second-order valence-corrected chi connectivity index (χ2v) is 5.59. The Morgan fingerprint density at radius 3 is 2.52 bits per heavy atom. The molecule has 1 aromatic heterocycles. The molecule has 1 amide bonds. The minimum absolute atomic E-state index is 0.268. The van der Waals surface area contributed by atoms with Crippen LogP contribution in [0.4, 0.5) is 0 Å². The van der Waals surface area contributed by atoms with Crippen LogP contribution in [0.5, 0.6) is 0 Å². The topological polar surface area (TPSA) is 76.3 Å². The molecule has 1 N–H and O–H groups in total. The molecular formula is C16H22N4O3. The highest BCUT2D eigenvalue weighted by molar-refractivity contribution is 5.79. The van der Waals surface area contributed by atoms with Crippen LogP contribution in [-0.2, 0) is 17.9 Å². The van der Waals surface area contributed by atoms with Crippen molar-refractivity contribution in [1.29, 1.82) is 0 Å². The van der Waals surface area contributed by atoms with E-state index in [1.165, 1.54) is 4.57 Å². The second-order valence-electron chi connectivity index (χ2n) is 5.59. The molecule has 7 heteroatoms. The summed E-state index contributed by atoms with van der Waals surface area (Å²) in [6, 6.07) is 6.94. The third-order valence-electron chi connectivity index (χ3n) is 3.63. The molecule has 0 atom stereocenters. The summed E-state index contributed by atoms with van der Waals surface area (Å²) in [6.45, 7) is 3.16. The number of fused-ring (bicyclic) bond motifs is 1. The number of amides is 1. The van der Waals surface area contributed by atoms with Gasteiger partial charge in [0.25, 0.3) is 5.56 Å². The lowest BCUT2D eigenvalue weighted by Crippen LogP contribution is -2.44. The van der Waals surface area contributed by atoms with Gasteiger partial charge in [-0.1, -0.05) is 12.1 Å². The van der Waals surface area contributed by atoms with Gasteiger partial charge in [0.15, 0.2) is 0 Å². The SMILES string of the molecule is CCn1c(=O)n(CC(=O)NCCN(C)C)c(=O)c2ccccc21. The molecule has 0 saturated heterocycles. The zero-order chi connectivity index (χ0) is 17.0. The Balaban J connectivity index is 2.36. The van der Waals surface area contributed by atoms with Crippen LogP contribution in [-0.4, -0.2) is 47.1 Å². The van der Waals surface area contributed by atoms with Crippen molar-refractivity contribution in [2.24, 2.45) is 0 Å². The van der Waals surface area contributed by atoms with Crippen molar-refractivity contribution in [2.75, 3.05) is 27.2 Å². The van der Waals surface area contributed by atoms with Crippen molar-refractivity contribution in [1.82, 2.24) is 19.4 Å². The Morgan fingerprint density at radius 1 is 1.17 bits per heavy atom. The predicted octanol–water partition coefficient (Wildman–Crippen LogP) is -0.139. The van der Waals surface area contributed by atoms with E-state index in [1.807, 2.05) is 25.9 Å². The number of carbonyl (C=O) groups is 1. The highest BCUT2D eigenvalue weighted by atomic mass is 16.2. The summed E-state index contributed by atoms with van der Waals surface area (Å²) in [5.41, 5.74) is -0.300. The van der Waals surface area contributed by atoms with E-state index < -0.39 is 11.2 Å². The predicted molar refractivity (Wildman–Crippen MR) is 89.7 cm³/mol. The van der Waals surface area contributed by atoms with Crippen molar-refractivity contribution in [2.45, 2.75) is 20.0 Å². The first kappa shape index (κ1) is 17.0. The molecule has 2 aromatic rings. The van der Waals surface area contributed by atoms with E-state index in [9.17, 15) is 14.4 Å². The van der Waals surface area contributed by atoms with Gasteiger partial charge in [-0.3, -0.25) is 18.7 Å². The first-order valence-electron chi connectivity index (χ1n) is 7.59. The van der Waals surface area contributed by atoms with E-state index in [-0.39, 0.29) is 12.5 Å². The maximum absolute atomic E-state index is 12.5. The van der Waals surface area contributed by atoms with Crippen molar-refractivity contribution in [3.63, 3.8) is 0 Å². The van der Waals surface area contributed by atoms with E-state index in [2.05, 4.69) is 5.32 Å². The average Bonchev–Trinajstić information content (AvgIpc) is 2.51. The Hall–Kier alpha value is -2.41. The number of nitrogens with one attached hydrogen (secondary N) is 1. The van der Waals surface area contributed by atoms with Crippen molar-refractivity contribution in [3.8, 4) is 0 Å². The summed E-state index contributed by atoms with van der Waals surface area (Å²) in [5.74, 6) is -0.344. The molecule has 0 aliphatic rings. The molecule has 7 nitrogen and oxygen atoms in total. The summed E-state index contributed by atoms with van der Waals surface area (Å²) in [6.07, 6.45) is 0. The molecule has 0 spiro atoms. The fourth-order valence-electron chi connectivity index (χ4n) is 2.43. The molecule has 0 bridgehead atoms. The van der Waals surface area contributed by atoms with Crippen molar-refractivity contribution in [3.05, 3.63) is 45.1 Å². The standard InChI is InChI=1S/C16H22N4O3/c1-4-19-13-8-6-5-7-12(13)15(22)20(16(19)23)11-14(21)17-9-10-18(2)3/h5-8H,4,9-11H2,1-3H3,(H,17,21). The Bertz CT molecular complexity index is 820. The smallest absolute Gasteiger partial charge is 0.331 e. The number of carbonyl (C=O) groups excluding carboxylic acids is 1. The van der Waals surface area contributed by atoms with Gasteiger partial charge in [-0.25, -0.2) is 4.79 Å². The molecule has 0 saturated carbocycles. The summed E-state index contributed by atoms with van der Waals surface area (Å²) < 4.78 is 2.50. The number of hydrogen-bond donors (Lipinski definition) is 1. The third kappa shape index (κ3) is 3.68. The van der Waals surface area contributed by atoms with Gasteiger partial charge in [0.1, 0.15) is 6.54 Å².